The lowest BCUT2D eigenvalue weighted by Crippen LogP contribution is -2.30. The fraction of sp³-hybridized carbons (Fsp3) is 0.727. The van der Waals surface area contributed by atoms with E-state index in [1.165, 1.54) is 76.2 Å². The van der Waals surface area contributed by atoms with Crippen LogP contribution >= 0.6 is 0 Å². The fourth-order valence-electron chi connectivity index (χ4n) is 5.17. The second kappa shape index (κ2) is 8.31. The number of hydrogen-bond donors (Lipinski definition) is 0. The Kier molecular flexibility index (Phi) is 6.14. The average Bonchev–Trinajstić information content (AvgIpc) is 2.58. The van der Waals surface area contributed by atoms with Gasteiger partial charge in [0.2, 0.25) is 0 Å². The molecule has 0 aliphatic heterocycles. The summed E-state index contributed by atoms with van der Waals surface area (Å²) in [4.78, 5) is 0. The Bertz CT molecular complexity index is 481. The van der Waals surface area contributed by atoms with E-state index in [4.69, 9.17) is 0 Å². The minimum Gasteiger partial charge on any atom is -0.207 e. The third-order valence-corrected chi connectivity index (χ3v) is 6.51. The molecule has 2 aliphatic rings. The summed E-state index contributed by atoms with van der Waals surface area (Å²) in [5.41, 5.74) is 1.24. The topological polar surface area (TPSA) is 0 Å². The zero-order valence-corrected chi connectivity index (χ0v) is 14.8. The lowest BCUT2D eigenvalue weighted by atomic mass is 9.63. The standard InChI is InChI=1S/C22H33F/c1-2-3-4-5-7-17-10-11-20-15-21(13-12-19(20)14-17)18-8-6-9-22(23)16-18/h6,8-9,16-17,19-21H,2-5,7,10-15H2,1H3. The molecule has 3 rings (SSSR count). The summed E-state index contributed by atoms with van der Waals surface area (Å²) < 4.78 is 13.5. The largest absolute Gasteiger partial charge is 0.207 e. The van der Waals surface area contributed by atoms with Gasteiger partial charge in [0.05, 0.1) is 0 Å². The van der Waals surface area contributed by atoms with E-state index in [-0.39, 0.29) is 5.82 Å². The highest BCUT2D eigenvalue weighted by atomic mass is 19.1. The van der Waals surface area contributed by atoms with Gasteiger partial charge in [0.25, 0.3) is 0 Å². The fourth-order valence-corrected chi connectivity index (χ4v) is 5.17. The molecule has 0 spiro atoms. The van der Waals surface area contributed by atoms with Crippen LogP contribution in [0.4, 0.5) is 4.39 Å². The van der Waals surface area contributed by atoms with E-state index in [1.54, 1.807) is 12.1 Å². The second-order valence-corrected chi connectivity index (χ2v) is 8.11. The van der Waals surface area contributed by atoms with Crippen molar-refractivity contribution in [2.45, 2.75) is 83.5 Å². The minimum atomic E-state index is -0.0691. The predicted molar refractivity (Wildman–Crippen MR) is 96.1 cm³/mol. The van der Waals surface area contributed by atoms with Gasteiger partial charge >= 0.3 is 0 Å². The van der Waals surface area contributed by atoms with E-state index in [0.29, 0.717) is 5.92 Å². The number of rotatable bonds is 6. The Hall–Kier alpha value is -0.850. The van der Waals surface area contributed by atoms with Crippen LogP contribution in [0.2, 0.25) is 0 Å². The lowest BCUT2D eigenvalue weighted by Gasteiger charge is -2.42. The smallest absolute Gasteiger partial charge is 0.123 e. The quantitative estimate of drug-likeness (QED) is 0.491. The summed E-state index contributed by atoms with van der Waals surface area (Å²) in [7, 11) is 0. The van der Waals surface area contributed by atoms with Crippen LogP contribution in [0.1, 0.15) is 89.0 Å². The van der Waals surface area contributed by atoms with Gasteiger partial charge in [-0.15, -0.1) is 0 Å². The van der Waals surface area contributed by atoms with Crippen molar-refractivity contribution >= 4 is 0 Å². The third-order valence-electron chi connectivity index (χ3n) is 6.51. The van der Waals surface area contributed by atoms with Gasteiger partial charge in [-0.2, -0.15) is 0 Å². The number of halogens is 1. The van der Waals surface area contributed by atoms with Crippen LogP contribution in [-0.2, 0) is 0 Å². The maximum atomic E-state index is 13.5. The molecule has 0 nitrogen and oxygen atoms in total. The molecule has 0 amide bonds. The Morgan fingerprint density at radius 2 is 1.78 bits per heavy atom. The summed E-state index contributed by atoms with van der Waals surface area (Å²) in [6.07, 6.45) is 15.4. The Morgan fingerprint density at radius 3 is 2.61 bits per heavy atom. The molecule has 0 heterocycles. The van der Waals surface area contributed by atoms with Crippen molar-refractivity contribution in [2.24, 2.45) is 17.8 Å². The van der Waals surface area contributed by atoms with Crippen LogP contribution in [-0.4, -0.2) is 0 Å². The zero-order chi connectivity index (χ0) is 16.1. The van der Waals surface area contributed by atoms with E-state index < -0.39 is 0 Å². The van der Waals surface area contributed by atoms with E-state index in [0.717, 1.165) is 17.8 Å². The molecule has 0 aromatic heterocycles. The summed E-state index contributed by atoms with van der Waals surface area (Å²) >= 11 is 0. The van der Waals surface area contributed by atoms with Gasteiger partial charge < -0.3 is 0 Å². The summed E-state index contributed by atoms with van der Waals surface area (Å²) in [6.45, 7) is 2.29. The third kappa shape index (κ3) is 4.58. The maximum Gasteiger partial charge on any atom is 0.123 e. The molecule has 0 radical (unpaired) electrons. The van der Waals surface area contributed by atoms with Crippen molar-refractivity contribution in [1.82, 2.24) is 0 Å². The molecule has 0 bridgehead atoms. The molecule has 0 saturated heterocycles. The molecule has 0 N–H and O–H groups in total. The highest BCUT2D eigenvalue weighted by Gasteiger charge is 2.35. The van der Waals surface area contributed by atoms with Crippen LogP contribution in [0.3, 0.4) is 0 Å². The van der Waals surface area contributed by atoms with Crippen LogP contribution < -0.4 is 0 Å². The Balaban J connectivity index is 1.48. The van der Waals surface area contributed by atoms with Gasteiger partial charge in [0.1, 0.15) is 5.82 Å². The Labute approximate surface area is 141 Å². The molecule has 1 aromatic carbocycles. The number of fused-ring (bicyclic) bond motifs is 1. The van der Waals surface area contributed by atoms with Crippen molar-refractivity contribution in [3.8, 4) is 0 Å². The van der Waals surface area contributed by atoms with Crippen molar-refractivity contribution in [3.05, 3.63) is 35.6 Å². The van der Waals surface area contributed by atoms with E-state index >= 15 is 0 Å². The molecule has 2 fully saturated rings. The molecule has 4 unspecified atom stereocenters. The molecule has 1 aromatic rings. The molecule has 2 saturated carbocycles. The van der Waals surface area contributed by atoms with Crippen molar-refractivity contribution in [1.29, 1.82) is 0 Å². The first kappa shape index (κ1) is 17.0. The first-order valence-electron chi connectivity index (χ1n) is 10.0. The number of unbranched alkanes of at least 4 members (excludes halogenated alkanes) is 3. The molecule has 1 heteroatoms. The van der Waals surface area contributed by atoms with Gasteiger partial charge in [-0.3, -0.25) is 0 Å². The monoisotopic (exact) mass is 316 g/mol. The molecule has 128 valence electrons. The molecular formula is C22H33F. The number of hydrogen-bond acceptors (Lipinski definition) is 0. The highest BCUT2D eigenvalue weighted by molar-refractivity contribution is 5.21. The average molecular weight is 317 g/mol. The van der Waals surface area contributed by atoms with E-state index in [2.05, 4.69) is 13.0 Å². The lowest BCUT2D eigenvalue weighted by molar-refractivity contribution is 0.113. The normalized spacial score (nSPS) is 30.9. The van der Waals surface area contributed by atoms with Crippen LogP contribution in [0, 0.1) is 23.6 Å². The van der Waals surface area contributed by atoms with Gasteiger partial charge in [-0.1, -0.05) is 57.6 Å². The summed E-state index contributed by atoms with van der Waals surface area (Å²) in [5.74, 6) is 3.40. The molecular weight excluding hydrogens is 283 g/mol. The zero-order valence-electron chi connectivity index (χ0n) is 14.8. The second-order valence-electron chi connectivity index (χ2n) is 8.11. The highest BCUT2D eigenvalue weighted by Crippen LogP contribution is 2.48. The summed E-state index contributed by atoms with van der Waals surface area (Å²) in [5, 5.41) is 0. The molecule has 23 heavy (non-hydrogen) atoms. The Morgan fingerprint density at radius 1 is 0.957 bits per heavy atom. The van der Waals surface area contributed by atoms with Crippen LogP contribution in [0.5, 0.6) is 0 Å². The molecule has 2 aliphatic carbocycles. The minimum absolute atomic E-state index is 0.0691. The van der Waals surface area contributed by atoms with Crippen molar-refractivity contribution in [2.75, 3.05) is 0 Å². The predicted octanol–water partition coefficient (Wildman–Crippen LogP) is 7.10. The SMILES string of the molecule is CCCCCCC1CCC2CC(c3cccc(F)c3)CCC2C1. The van der Waals surface area contributed by atoms with Gasteiger partial charge in [-0.05, 0) is 73.5 Å². The number of benzene rings is 1. The van der Waals surface area contributed by atoms with Gasteiger partial charge in [0, 0.05) is 0 Å². The van der Waals surface area contributed by atoms with Crippen LogP contribution in [0.15, 0.2) is 24.3 Å². The van der Waals surface area contributed by atoms with Crippen LogP contribution in [0.25, 0.3) is 0 Å². The van der Waals surface area contributed by atoms with Crippen molar-refractivity contribution < 1.29 is 4.39 Å². The van der Waals surface area contributed by atoms with Gasteiger partial charge in [0.15, 0.2) is 0 Å². The summed E-state index contributed by atoms with van der Waals surface area (Å²) in [6, 6.07) is 7.35. The van der Waals surface area contributed by atoms with Gasteiger partial charge in [-0.25, -0.2) is 4.39 Å². The first-order chi connectivity index (χ1) is 11.3. The van der Waals surface area contributed by atoms with E-state index in [9.17, 15) is 4.39 Å². The first-order valence-corrected chi connectivity index (χ1v) is 10.0. The van der Waals surface area contributed by atoms with Crippen molar-refractivity contribution in [3.63, 3.8) is 0 Å². The maximum absolute atomic E-state index is 13.5. The molecule has 4 atom stereocenters. The van der Waals surface area contributed by atoms with E-state index in [1.807, 2.05) is 6.07 Å².